The topological polar surface area (TPSA) is 59.2 Å². The van der Waals surface area contributed by atoms with Gasteiger partial charge in [-0.2, -0.15) is 0 Å². The van der Waals surface area contributed by atoms with Crippen molar-refractivity contribution in [1.29, 1.82) is 0 Å². The Labute approximate surface area is 136 Å². The highest BCUT2D eigenvalue weighted by atomic mass is 16.5. The van der Waals surface area contributed by atoms with Crippen molar-refractivity contribution in [1.82, 2.24) is 4.98 Å². The zero-order valence-electron chi connectivity index (χ0n) is 14.1. The van der Waals surface area contributed by atoms with Crippen LogP contribution in [0.25, 0.3) is 0 Å². The molecule has 2 aromatic rings. The second-order valence-corrected chi connectivity index (χ2v) is 6.24. The van der Waals surface area contributed by atoms with Crippen LogP contribution in [0.5, 0.6) is 0 Å². The van der Waals surface area contributed by atoms with Gasteiger partial charge in [0.05, 0.1) is 0 Å². The van der Waals surface area contributed by atoms with Gasteiger partial charge in [0.1, 0.15) is 5.69 Å². The van der Waals surface area contributed by atoms with Crippen molar-refractivity contribution in [2.75, 3.05) is 6.61 Å². The summed E-state index contributed by atoms with van der Waals surface area (Å²) in [5, 5.41) is 0. The smallest absolute Gasteiger partial charge is 0.355 e. The molecule has 2 rings (SSSR count). The first kappa shape index (κ1) is 17.0. The maximum absolute atomic E-state index is 12.4. The Hall–Kier alpha value is -2.36. The van der Waals surface area contributed by atoms with Crippen LogP contribution in [0.4, 0.5) is 0 Å². The van der Waals surface area contributed by atoms with Crippen LogP contribution in [0.15, 0.2) is 36.5 Å². The molecule has 1 aromatic heterocycles. The quantitative estimate of drug-likeness (QED) is 0.639. The first-order chi connectivity index (χ1) is 10.9. The van der Waals surface area contributed by atoms with E-state index in [1.165, 1.54) is 5.56 Å². The van der Waals surface area contributed by atoms with Gasteiger partial charge >= 0.3 is 5.97 Å². The minimum Gasteiger partial charge on any atom is -0.453 e. The molecule has 1 heterocycles. The molecule has 0 aliphatic heterocycles. The number of ether oxygens (including phenoxy) is 1. The van der Waals surface area contributed by atoms with Gasteiger partial charge in [0.15, 0.2) is 6.61 Å². The maximum Gasteiger partial charge on any atom is 0.355 e. The van der Waals surface area contributed by atoms with Crippen molar-refractivity contribution in [3.8, 4) is 0 Å². The van der Waals surface area contributed by atoms with Gasteiger partial charge in [-0.15, -0.1) is 0 Å². The summed E-state index contributed by atoms with van der Waals surface area (Å²) < 4.78 is 5.10. The number of esters is 1. The average Bonchev–Trinajstić information content (AvgIpc) is 3.06. The van der Waals surface area contributed by atoms with E-state index in [4.69, 9.17) is 4.74 Å². The molecule has 0 aliphatic carbocycles. The monoisotopic (exact) mass is 313 g/mol. The summed E-state index contributed by atoms with van der Waals surface area (Å²) >= 11 is 0. The lowest BCUT2D eigenvalue weighted by Crippen LogP contribution is -2.16. The van der Waals surface area contributed by atoms with Gasteiger partial charge in [-0.3, -0.25) is 4.79 Å². The van der Waals surface area contributed by atoms with Crippen molar-refractivity contribution < 1.29 is 14.3 Å². The number of aromatic amines is 1. The second-order valence-electron chi connectivity index (χ2n) is 6.24. The molecule has 1 aromatic carbocycles. The van der Waals surface area contributed by atoms with Crippen molar-refractivity contribution >= 4 is 11.8 Å². The number of nitrogens with one attached hydrogen (secondary N) is 1. The number of ketones is 1. The van der Waals surface area contributed by atoms with Crippen molar-refractivity contribution in [2.45, 2.75) is 39.5 Å². The molecule has 0 radical (unpaired) electrons. The standard InChI is InChI=1S/C19H23NO3/c1-12(2)14-7-8-15(16(10-14)13(3)4)18(21)11-23-19(22)17-6-5-9-20-17/h5-10,12-13,20H,11H2,1-4H3. The number of carbonyl (C=O) groups excluding carboxylic acids is 2. The Morgan fingerprint density at radius 3 is 2.39 bits per heavy atom. The number of aromatic nitrogens is 1. The molecular formula is C19H23NO3. The van der Waals surface area contributed by atoms with Crippen molar-refractivity contribution in [2.24, 2.45) is 0 Å². The lowest BCUT2D eigenvalue weighted by molar-refractivity contribution is 0.0469. The van der Waals surface area contributed by atoms with E-state index in [2.05, 4.69) is 38.7 Å². The predicted molar refractivity (Wildman–Crippen MR) is 90.0 cm³/mol. The third-order valence-corrected chi connectivity index (χ3v) is 3.82. The van der Waals surface area contributed by atoms with Gasteiger partial charge < -0.3 is 9.72 Å². The molecule has 0 atom stereocenters. The fourth-order valence-electron chi connectivity index (χ4n) is 2.42. The van der Waals surface area contributed by atoms with E-state index in [1.807, 2.05) is 12.1 Å². The average molecular weight is 313 g/mol. The van der Waals surface area contributed by atoms with Crippen LogP contribution >= 0.6 is 0 Å². The fourth-order valence-corrected chi connectivity index (χ4v) is 2.42. The molecule has 0 bridgehead atoms. The molecule has 0 saturated heterocycles. The Bertz CT molecular complexity index is 685. The fraction of sp³-hybridized carbons (Fsp3) is 0.368. The summed E-state index contributed by atoms with van der Waals surface area (Å²) in [4.78, 5) is 27.0. The SMILES string of the molecule is CC(C)c1ccc(C(=O)COC(=O)c2ccc[nH]2)c(C(C)C)c1. The van der Waals surface area contributed by atoms with Crippen LogP contribution in [0.1, 0.15) is 71.5 Å². The van der Waals surface area contributed by atoms with Crippen LogP contribution in [0.2, 0.25) is 0 Å². The lowest BCUT2D eigenvalue weighted by Gasteiger charge is -2.15. The second kappa shape index (κ2) is 7.27. The lowest BCUT2D eigenvalue weighted by atomic mass is 9.90. The van der Waals surface area contributed by atoms with Crippen molar-refractivity contribution in [3.63, 3.8) is 0 Å². The Morgan fingerprint density at radius 2 is 1.83 bits per heavy atom. The highest BCUT2D eigenvalue weighted by molar-refractivity contribution is 6.00. The van der Waals surface area contributed by atoms with E-state index in [1.54, 1.807) is 18.3 Å². The maximum atomic E-state index is 12.4. The van der Waals surface area contributed by atoms with Gasteiger partial charge in [-0.05, 0) is 35.1 Å². The van der Waals surface area contributed by atoms with E-state index in [-0.39, 0.29) is 18.3 Å². The Balaban J connectivity index is 2.14. The number of rotatable bonds is 6. The number of benzene rings is 1. The number of hydrogen-bond donors (Lipinski definition) is 1. The predicted octanol–water partition coefficient (Wildman–Crippen LogP) is 4.30. The molecular weight excluding hydrogens is 290 g/mol. The number of H-pyrrole nitrogens is 1. The first-order valence-electron chi connectivity index (χ1n) is 7.87. The van der Waals surface area contributed by atoms with E-state index in [0.29, 0.717) is 17.2 Å². The largest absolute Gasteiger partial charge is 0.453 e. The molecule has 0 saturated carbocycles. The summed E-state index contributed by atoms with van der Waals surface area (Å²) in [6, 6.07) is 9.21. The van der Waals surface area contributed by atoms with Crippen LogP contribution in [-0.4, -0.2) is 23.3 Å². The molecule has 0 spiro atoms. The molecule has 4 nitrogen and oxygen atoms in total. The third kappa shape index (κ3) is 4.09. The summed E-state index contributed by atoms with van der Waals surface area (Å²) in [6.45, 7) is 8.11. The van der Waals surface area contributed by atoms with Gasteiger partial charge in [-0.1, -0.05) is 45.9 Å². The highest BCUT2D eigenvalue weighted by Crippen LogP contribution is 2.25. The van der Waals surface area contributed by atoms with E-state index >= 15 is 0 Å². The molecule has 0 fully saturated rings. The molecule has 1 N–H and O–H groups in total. The summed E-state index contributed by atoms with van der Waals surface area (Å²) in [7, 11) is 0. The van der Waals surface area contributed by atoms with Gasteiger partial charge in [0, 0.05) is 11.8 Å². The van der Waals surface area contributed by atoms with Gasteiger partial charge in [0.2, 0.25) is 5.78 Å². The highest BCUT2D eigenvalue weighted by Gasteiger charge is 2.17. The third-order valence-electron chi connectivity index (χ3n) is 3.82. The molecule has 122 valence electrons. The summed E-state index contributed by atoms with van der Waals surface area (Å²) in [6.07, 6.45) is 1.64. The minimum atomic E-state index is -0.520. The molecule has 23 heavy (non-hydrogen) atoms. The van der Waals surface area contributed by atoms with Crippen molar-refractivity contribution in [3.05, 3.63) is 58.9 Å². The normalized spacial score (nSPS) is 11.0. The minimum absolute atomic E-state index is 0.177. The summed E-state index contributed by atoms with van der Waals surface area (Å²) in [5.41, 5.74) is 3.17. The number of carbonyl (C=O) groups is 2. The molecule has 0 aliphatic rings. The Kier molecular flexibility index (Phi) is 5.37. The van der Waals surface area contributed by atoms with E-state index in [0.717, 1.165) is 5.56 Å². The van der Waals surface area contributed by atoms with Crippen LogP contribution < -0.4 is 0 Å². The zero-order valence-corrected chi connectivity index (χ0v) is 14.1. The van der Waals surface area contributed by atoms with Crippen LogP contribution in [0.3, 0.4) is 0 Å². The van der Waals surface area contributed by atoms with Gasteiger partial charge in [-0.25, -0.2) is 4.79 Å². The first-order valence-corrected chi connectivity index (χ1v) is 7.87. The van der Waals surface area contributed by atoms with Crippen LogP contribution in [0, 0.1) is 0 Å². The zero-order chi connectivity index (χ0) is 17.0. The number of hydrogen-bond acceptors (Lipinski definition) is 3. The van der Waals surface area contributed by atoms with E-state index in [9.17, 15) is 9.59 Å². The van der Waals surface area contributed by atoms with Gasteiger partial charge in [0.25, 0.3) is 0 Å². The summed E-state index contributed by atoms with van der Waals surface area (Å²) in [5.74, 6) is -0.0636. The Morgan fingerprint density at radius 1 is 1.09 bits per heavy atom. The van der Waals surface area contributed by atoms with Crippen LogP contribution in [-0.2, 0) is 4.74 Å². The molecule has 0 amide bonds. The number of Topliss-reactive ketones (excluding diaryl/α,β-unsaturated/α-hetero) is 1. The van der Waals surface area contributed by atoms with E-state index < -0.39 is 5.97 Å². The molecule has 4 heteroatoms. The molecule has 0 unspecified atom stereocenters.